The van der Waals surface area contributed by atoms with Gasteiger partial charge in [-0.25, -0.2) is 8.42 Å². The summed E-state index contributed by atoms with van der Waals surface area (Å²) in [6, 6.07) is 12.8. The fourth-order valence-electron chi connectivity index (χ4n) is 2.38. The molecule has 23 heavy (non-hydrogen) atoms. The summed E-state index contributed by atoms with van der Waals surface area (Å²) in [5.74, 6) is 0. The van der Waals surface area contributed by atoms with Gasteiger partial charge in [-0.05, 0) is 49.2 Å². The van der Waals surface area contributed by atoms with Crippen LogP contribution in [0.2, 0.25) is 0 Å². The predicted molar refractivity (Wildman–Crippen MR) is 96.2 cm³/mol. The molecule has 0 spiro atoms. The van der Waals surface area contributed by atoms with E-state index in [0.29, 0.717) is 11.3 Å². The van der Waals surface area contributed by atoms with E-state index in [4.69, 9.17) is 0 Å². The maximum absolute atomic E-state index is 12.7. The molecular weight excluding hydrogens is 376 g/mol. The third-order valence-electron chi connectivity index (χ3n) is 3.59. The second-order valence-corrected chi connectivity index (χ2v) is 7.89. The minimum atomic E-state index is -3.66. The van der Waals surface area contributed by atoms with Crippen LogP contribution in [0.4, 0.5) is 5.69 Å². The molecule has 0 saturated carbocycles. The van der Waals surface area contributed by atoms with Crippen LogP contribution in [0.15, 0.2) is 58.0 Å². The van der Waals surface area contributed by atoms with Crippen molar-refractivity contribution in [1.82, 2.24) is 4.98 Å². The van der Waals surface area contributed by atoms with Crippen molar-refractivity contribution in [1.29, 1.82) is 0 Å². The summed E-state index contributed by atoms with van der Waals surface area (Å²) in [4.78, 5) is 4.55. The summed E-state index contributed by atoms with van der Waals surface area (Å²) in [7, 11) is -3.66. The summed E-state index contributed by atoms with van der Waals surface area (Å²) in [5, 5.41) is 0.886. The van der Waals surface area contributed by atoms with Crippen LogP contribution in [0.3, 0.4) is 0 Å². The van der Waals surface area contributed by atoms with E-state index in [0.717, 1.165) is 20.9 Å². The lowest BCUT2D eigenvalue weighted by Crippen LogP contribution is -2.14. The molecule has 1 heterocycles. The largest absolute Gasteiger partial charge is 0.278 e. The number of hydrogen-bond acceptors (Lipinski definition) is 3. The SMILES string of the molecule is Cc1cc(S(=O)(=O)Nc2cnc3ccccc3c2)c(C)cc1Br. The van der Waals surface area contributed by atoms with Gasteiger partial charge in [0.15, 0.2) is 0 Å². The number of fused-ring (bicyclic) bond motifs is 1. The number of hydrogen-bond donors (Lipinski definition) is 1. The van der Waals surface area contributed by atoms with Gasteiger partial charge in [-0.1, -0.05) is 34.1 Å². The molecule has 0 atom stereocenters. The number of nitrogens with one attached hydrogen (secondary N) is 1. The number of aromatic nitrogens is 1. The van der Waals surface area contributed by atoms with Crippen LogP contribution in [0.25, 0.3) is 10.9 Å². The van der Waals surface area contributed by atoms with Crippen LogP contribution in [0.1, 0.15) is 11.1 Å². The zero-order valence-electron chi connectivity index (χ0n) is 12.7. The van der Waals surface area contributed by atoms with Crippen molar-refractivity contribution in [2.24, 2.45) is 0 Å². The first kappa shape index (κ1) is 16.0. The Morgan fingerprint density at radius 2 is 1.78 bits per heavy atom. The monoisotopic (exact) mass is 390 g/mol. The molecule has 0 radical (unpaired) electrons. The van der Waals surface area contributed by atoms with E-state index >= 15 is 0 Å². The van der Waals surface area contributed by atoms with E-state index in [1.807, 2.05) is 37.3 Å². The Balaban J connectivity index is 2.01. The summed E-state index contributed by atoms with van der Waals surface area (Å²) < 4.78 is 28.8. The predicted octanol–water partition coefficient (Wildman–Crippen LogP) is 4.41. The highest BCUT2D eigenvalue weighted by atomic mass is 79.9. The van der Waals surface area contributed by atoms with Gasteiger partial charge in [-0.15, -0.1) is 0 Å². The molecule has 4 nitrogen and oxygen atoms in total. The average molecular weight is 391 g/mol. The number of para-hydroxylation sites is 1. The normalized spacial score (nSPS) is 11.6. The molecule has 0 unspecified atom stereocenters. The van der Waals surface area contributed by atoms with Crippen molar-refractivity contribution < 1.29 is 8.42 Å². The minimum Gasteiger partial charge on any atom is -0.278 e. The second-order valence-electron chi connectivity index (χ2n) is 5.39. The number of halogens is 1. The molecule has 118 valence electrons. The smallest absolute Gasteiger partial charge is 0.262 e. The fourth-order valence-corrected chi connectivity index (χ4v) is 4.19. The standard InChI is InChI=1S/C17H15BrN2O2S/c1-11-8-17(12(2)7-15(11)18)23(21,22)20-14-9-13-5-3-4-6-16(13)19-10-14/h3-10,20H,1-2H3. The lowest BCUT2D eigenvalue weighted by molar-refractivity contribution is 0.600. The topological polar surface area (TPSA) is 59.1 Å². The number of benzene rings is 2. The van der Waals surface area contributed by atoms with Crippen molar-refractivity contribution in [2.45, 2.75) is 18.7 Å². The van der Waals surface area contributed by atoms with Gasteiger partial charge >= 0.3 is 0 Å². The zero-order chi connectivity index (χ0) is 16.6. The molecule has 3 rings (SSSR count). The van der Waals surface area contributed by atoms with Gasteiger partial charge in [0.05, 0.1) is 22.3 Å². The van der Waals surface area contributed by atoms with Gasteiger partial charge < -0.3 is 0 Å². The molecule has 0 saturated heterocycles. The van der Waals surface area contributed by atoms with Crippen LogP contribution in [0, 0.1) is 13.8 Å². The lowest BCUT2D eigenvalue weighted by Gasteiger charge is -2.12. The highest BCUT2D eigenvalue weighted by Crippen LogP contribution is 2.26. The van der Waals surface area contributed by atoms with Crippen molar-refractivity contribution >= 4 is 42.5 Å². The van der Waals surface area contributed by atoms with Gasteiger partial charge in [0.1, 0.15) is 0 Å². The van der Waals surface area contributed by atoms with E-state index in [1.165, 1.54) is 6.20 Å². The molecule has 2 aromatic carbocycles. The molecule has 0 aliphatic rings. The van der Waals surface area contributed by atoms with Gasteiger partial charge in [0.2, 0.25) is 0 Å². The first-order valence-electron chi connectivity index (χ1n) is 7.01. The van der Waals surface area contributed by atoms with Crippen LogP contribution in [0.5, 0.6) is 0 Å². The summed E-state index contributed by atoms with van der Waals surface area (Å²) in [6.07, 6.45) is 1.53. The molecule has 6 heteroatoms. The van der Waals surface area contributed by atoms with Crippen LogP contribution in [-0.2, 0) is 10.0 Å². The molecule has 1 aromatic heterocycles. The molecule has 0 aliphatic carbocycles. The van der Waals surface area contributed by atoms with Crippen LogP contribution < -0.4 is 4.72 Å². The highest BCUT2D eigenvalue weighted by Gasteiger charge is 2.18. The first-order chi connectivity index (χ1) is 10.9. The Kier molecular flexibility index (Phi) is 4.12. The number of nitrogens with zero attached hydrogens (tertiary/aromatic N) is 1. The molecule has 1 N–H and O–H groups in total. The number of aryl methyl sites for hydroxylation is 2. The van der Waals surface area contributed by atoms with Crippen molar-refractivity contribution in [2.75, 3.05) is 4.72 Å². The van der Waals surface area contributed by atoms with Crippen LogP contribution >= 0.6 is 15.9 Å². The van der Waals surface area contributed by atoms with Gasteiger partial charge in [-0.2, -0.15) is 0 Å². The third kappa shape index (κ3) is 3.23. The number of sulfonamides is 1. The van der Waals surface area contributed by atoms with E-state index in [2.05, 4.69) is 25.6 Å². The quantitative estimate of drug-likeness (QED) is 0.719. The second kappa shape index (κ2) is 5.94. The maximum Gasteiger partial charge on any atom is 0.262 e. The number of pyridine rings is 1. The Hall–Kier alpha value is -1.92. The Morgan fingerprint density at radius 3 is 2.57 bits per heavy atom. The van der Waals surface area contributed by atoms with Crippen molar-refractivity contribution in [3.63, 3.8) is 0 Å². The molecular formula is C17H15BrN2O2S. The van der Waals surface area contributed by atoms with E-state index in [-0.39, 0.29) is 4.90 Å². The molecule has 0 amide bonds. The summed E-state index contributed by atoms with van der Waals surface area (Å²) >= 11 is 3.42. The lowest BCUT2D eigenvalue weighted by atomic mass is 10.2. The molecule has 0 fully saturated rings. The third-order valence-corrected chi connectivity index (χ3v) is 5.97. The molecule has 0 aliphatic heterocycles. The van der Waals surface area contributed by atoms with Crippen molar-refractivity contribution in [3.8, 4) is 0 Å². The van der Waals surface area contributed by atoms with Crippen LogP contribution in [-0.4, -0.2) is 13.4 Å². The molecule has 0 bridgehead atoms. The first-order valence-corrected chi connectivity index (χ1v) is 9.29. The van der Waals surface area contributed by atoms with Gasteiger partial charge in [-0.3, -0.25) is 9.71 Å². The average Bonchev–Trinajstić information content (AvgIpc) is 2.50. The van der Waals surface area contributed by atoms with Gasteiger partial charge in [0.25, 0.3) is 10.0 Å². The highest BCUT2D eigenvalue weighted by molar-refractivity contribution is 9.10. The van der Waals surface area contributed by atoms with Gasteiger partial charge in [0, 0.05) is 9.86 Å². The Morgan fingerprint density at radius 1 is 1.04 bits per heavy atom. The van der Waals surface area contributed by atoms with E-state index in [1.54, 1.807) is 19.1 Å². The molecule has 3 aromatic rings. The minimum absolute atomic E-state index is 0.270. The summed E-state index contributed by atoms with van der Waals surface area (Å²) in [6.45, 7) is 3.64. The fraction of sp³-hybridized carbons (Fsp3) is 0.118. The Labute approximate surface area is 143 Å². The Bertz CT molecular complexity index is 1000. The van der Waals surface area contributed by atoms with Crippen molar-refractivity contribution in [3.05, 3.63) is 64.3 Å². The van der Waals surface area contributed by atoms with E-state index < -0.39 is 10.0 Å². The van der Waals surface area contributed by atoms with E-state index in [9.17, 15) is 8.42 Å². The zero-order valence-corrected chi connectivity index (χ0v) is 15.1. The number of anilines is 1. The number of rotatable bonds is 3. The maximum atomic E-state index is 12.7. The summed E-state index contributed by atoms with van der Waals surface area (Å²) in [5.41, 5.74) is 2.83.